The molecular formula is C15H29NO2. The predicted molar refractivity (Wildman–Crippen MR) is 74.7 cm³/mol. The van der Waals surface area contributed by atoms with Crippen LogP contribution in [0.2, 0.25) is 0 Å². The third-order valence-electron chi connectivity index (χ3n) is 4.42. The zero-order chi connectivity index (χ0) is 13.8. The van der Waals surface area contributed by atoms with E-state index in [-0.39, 0.29) is 0 Å². The fraction of sp³-hybridized carbons (Fsp3) is 0.933. The first-order valence-electron chi connectivity index (χ1n) is 7.30. The summed E-state index contributed by atoms with van der Waals surface area (Å²) < 4.78 is 0. The summed E-state index contributed by atoms with van der Waals surface area (Å²) in [6.07, 6.45) is 5.72. The summed E-state index contributed by atoms with van der Waals surface area (Å²) in [6, 6.07) is 0. The molecule has 18 heavy (non-hydrogen) atoms. The number of nitrogens with one attached hydrogen (secondary N) is 1. The average molecular weight is 255 g/mol. The SMILES string of the molecule is CCCNC1(C(=O)O)CCCC(C(C)(C)C)CC1. The molecule has 1 aliphatic carbocycles. The van der Waals surface area contributed by atoms with E-state index < -0.39 is 11.5 Å². The van der Waals surface area contributed by atoms with Crippen molar-refractivity contribution >= 4 is 5.97 Å². The highest BCUT2D eigenvalue weighted by Crippen LogP contribution is 2.39. The molecule has 0 bridgehead atoms. The number of carboxylic acid groups (broad SMARTS) is 1. The largest absolute Gasteiger partial charge is 0.480 e. The molecule has 0 aromatic carbocycles. The number of hydrogen-bond donors (Lipinski definition) is 2. The van der Waals surface area contributed by atoms with Crippen LogP contribution in [-0.4, -0.2) is 23.2 Å². The van der Waals surface area contributed by atoms with Crippen LogP contribution in [0.5, 0.6) is 0 Å². The van der Waals surface area contributed by atoms with Gasteiger partial charge in [0.25, 0.3) is 0 Å². The van der Waals surface area contributed by atoms with E-state index in [0.717, 1.165) is 45.1 Å². The van der Waals surface area contributed by atoms with E-state index in [9.17, 15) is 9.90 Å². The molecule has 0 amide bonds. The van der Waals surface area contributed by atoms with E-state index >= 15 is 0 Å². The van der Waals surface area contributed by atoms with Gasteiger partial charge in [0.1, 0.15) is 5.54 Å². The number of rotatable bonds is 4. The third kappa shape index (κ3) is 3.71. The summed E-state index contributed by atoms with van der Waals surface area (Å²) in [5.41, 5.74) is -0.380. The van der Waals surface area contributed by atoms with Gasteiger partial charge in [-0.1, -0.05) is 34.1 Å². The zero-order valence-corrected chi connectivity index (χ0v) is 12.4. The van der Waals surface area contributed by atoms with E-state index in [1.54, 1.807) is 0 Å². The number of hydrogen-bond acceptors (Lipinski definition) is 2. The number of carbonyl (C=O) groups is 1. The maximum atomic E-state index is 11.6. The molecular weight excluding hydrogens is 226 g/mol. The van der Waals surface area contributed by atoms with Crippen molar-refractivity contribution in [1.82, 2.24) is 5.32 Å². The van der Waals surface area contributed by atoms with Gasteiger partial charge in [0.2, 0.25) is 0 Å². The standard InChI is InChI=1S/C15H29NO2/c1-5-11-16-15(13(17)18)9-6-7-12(8-10-15)14(2,3)4/h12,16H,5-11H2,1-4H3,(H,17,18). The van der Waals surface area contributed by atoms with Crippen LogP contribution in [-0.2, 0) is 4.79 Å². The van der Waals surface area contributed by atoms with E-state index in [1.165, 1.54) is 0 Å². The quantitative estimate of drug-likeness (QED) is 0.757. The molecule has 0 spiro atoms. The van der Waals surface area contributed by atoms with Crippen molar-refractivity contribution in [1.29, 1.82) is 0 Å². The maximum absolute atomic E-state index is 11.6. The van der Waals surface area contributed by atoms with Crippen LogP contribution >= 0.6 is 0 Å². The average Bonchev–Trinajstić information content (AvgIpc) is 2.49. The third-order valence-corrected chi connectivity index (χ3v) is 4.42. The van der Waals surface area contributed by atoms with Crippen LogP contribution in [0, 0.1) is 11.3 Å². The zero-order valence-electron chi connectivity index (χ0n) is 12.4. The molecule has 2 N–H and O–H groups in total. The van der Waals surface area contributed by atoms with E-state index in [1.807, 2.05) is 0 Å². The van der Waals surface area contributed by atoms with Crippen molar-refractivity contribution in [3.63, 3.8) is 0 Å². The summed E-state index contributed by atoms with van der Waals surface area (Å²) in [4.78, 5) is 11.6. The van der Waals surface area contributed by atoms with Gasteiger partial charge in [0.05, 0.1) is 0 Å². The first-order valence-corrected chi connectivity index (χ1v) is 7.30. The summed E-state index contributed by atoms with van der Waals surface area (Å²) in [7, 11) is 0. The molecule has 3 heteroatoms. The Labute approximate surface area is 111 Å². The van der Waals surface area contributed by atoms with Crippen LogP contribution in [0.15, 0.2) is 0 Å². The first-order chi connectivity index (χ1) is 8.32. The Morgan fingerprint density at radius 2 is 2.00 bits per heavy atom. The highest BCUT2D eigenvalue weighted by molar-refractivity contribution is 5.78. The second kappa shape index (κ2) is 6.05. The summed E-state index contributed by atoms with van der Waals surface area (Å²) in [5.74, 6) is -0.0207. The van der Waals surface area contributed by atoms with Gasteiger partial charge in [-0.2, -0.15) is 0 Å². The fourth-order valence-electron chi connectivity index (χ4n) is 3.04. The molecule has 2 atom stereocenters. The van der Waals surface area contributed by atoms with E-state index in [2.05, 4.69) is 33.0 Å². The lowest BCUT2D eigenvalue weighted by Gasteiger charge is -2.32. The highest BCUT2D eigenvalue weighted by atomic mass is 16.4. The van der Waals surface area contributed by atoms with Crippen LogP contribution < -0.4 is 5.32 Å². The van der Waals surface area contributed by atoms with Crippen molar-refractivity contribution < 1.29 is 9.90 Å². The fourth-order valence-corrected chi connectivity index (χ4v) is 3.04. The van der Waals surface area contributed by atoms with Gasteiger partial charge in [0.15, 0.2) is 0 Å². The summed E-state index contributed by atoms with van der Waals surface area (Å²) in [5, 5.41) is 12.9. The van der Waals surface area contributed by atoms with Crippen molar-refractivity contribution in [3.05, 3.63) is 0 Å². The molecule has 1 saturated carbocycles. The molecule has 0 saturated heterocycles. The highest BCUT2D eigenvalue weighted by Gasteiger charge is 2.41. The van der Waals surface area contributed by atoms with Crippen molar-refractivity contribution in [3.8, 4) is 0 Å². The topological polar surface area (TPSA) is 49.3 Å². The molecule has 0 aliphatic heterocycles. The van der Waals surface area contributed by atoms with E-state index in [0.29, 0.717) is 11.3 Å². The van der Waals surface area contributed by atoms with Gasteiger partial charge in [-0.25, -0.2) is 0 Å². The predicted octanol–water partition coefficient (Wildman–Crippen LogP) is 3.44. The van der Waals surface area contributed by atoms with Gasteiger partial charge in [0, 0.05) is 0 Å². The normalized spacial score (nSPS) is 29.9. The van der Waals surface area contributed by atoms with E-state index in [4.69, 9.17) is 0 Å². The molecule has 106 valence electrons. The van der Waals surface area contributed by atoms with Gasteiger partial charge in [-0.05, 0) is 50.0 Å². The minimum Gasteiger partial charge on any atom is -0.480 e. The molecule has 3 nitrogen and oxygen atoms in total. The van der Waals surface area contributed by atoms with Crippen LogP contribution in [0.25, 0.3) is 0 Å². The van der Waals surface area contributed by atoms with Crippen LogP contribution in [0.1, 0.15) is 66.2 Å². The van der Waals surface area contributed by atoms with Crippen molar-refractivity contribution in [2.45, 2.75) is 71.8 Å². The Hall–Kier alpha value is -0.570. The molecule has 1 aliphatic rings. The lowest BCUT2D eigenvalue weighted by Crippen LogP contribution is -2.52. The first kappa shape index (κ1) is 15.5. The van der Waals surface area contributed by atoms with Crippen molar-refractivity contribution in [2.75, 3.05) is 6.54 Å². The van der Waals surface area contributed by atoms with Gasteiger partial charge < -0.3 is 10.4 Å². The molecule has 0 radical (unpaired) electrons. The molecule has 0 aromatic rings. The molecule has 0 aromatic heterocycles. The Morgan fingerprint density at radius 1 is 1.33 bits per heavy atom. The molecule has 0 heterocycles. The van der Waals surface area contributed by atoms with Gasteiger partial charge >= 0.3 is 5.97 Å². The Morgan fingerprint density at radius 3 is 2.50 bits per heavy atom. The number of carboxylic acids is 1. The molecule has 2 unspecified atom stereocenters. The summed E-state index contributed by atoms with van der Waals surface area (Å²) in [6.45, 7) is 9.68. The number of aliphatic carboxylic acids is 1. The van der Waals surface area contributed by atoms with Gasteiger partial charge in [-0.3, -0.25) is 4.79 Å². The Kier molecular flexibility index (Phi) is 5.20. The lowest BCUT2D eigenvalue weighted by atomic mass is 9.76. The van der Waals surface area contributed by atoms with Gasteiger partial charge in [-0.15, -0.1) is 0 Å². The minimum absolute atomic E-state index is 0.291. The lowest BCUT2D eigenvalue weighted by molar-refractivity contribution is -0.145. The maximum Gasteiger partial charge on any atom is 0.323 e. The Bertz CT molecular complexity index is 283. The monoisotopic (exact) mass is 255 g/mol. The van der Waals surface area contributed by atoms with Crippen LogP contribution in [0.4, 0.5) is 0 Å². The minimum atomic E-state index is -0.671. The smallest absolute Gasteiger partial charge is 0.323 e. The summed E-state index contributed by atoms with van der Waals surface area (Å²) >= 11 is 0. The Balaban J connectivity index is 2.75. The van der Waals surface area contributed by atoms with Crippen molar-refractivity contribution in [2.24, 2.45) is 11.3 Å². The molecule has 1 fully saturated rings. The second-order valence-electron chi connectivity index (χ2n) is 6.81. The second-order valence-corrected chi connectivity index (χ2v) is 6.81. The molecule has 1 rings (SSSR count). The van der Waals surface area contributed by atoms with Crippen LogP contribution in [0.3, 0.4) is 0 Å².